The number of carboxylic acid groups (broad SMARTS) is 1. The zero-order chi connectivity index (χ0) is 26.4. The van der Waals surface area contributed by atoms with Crippen LogP contribution >= 0.6 is 0 Å². The van der Waals surface area contributed by atoms with Crippen LogP contribution < -0.4 is 0 Å². The maximum Gasteiger partial charge on any atom is 0.410 e. The number of carbonyl (C=O) groups is 2. The molecule has 4 aromatic carbocycles. The number of rotatable bonds is 8. The molecule has 0 aliphatic carbocycles. The lowest BCUT2D eigenvalue weighted by Gasteiger charge is -2.30. The average molecular weight is 508 g/mol. The number of likely N-dealkylation sites (tertiary alicyclic amines) is 1. The maximum absolute atomic E-state index is 13.2. The lowest BCUT2D eigenvalue weighted by molar-refractivity contribution is -0.142. The van der Waals surface area contributed by atoms with E-state index in [1.807, 2.05) is 115 Å². The Morgan fingerprint density at radius 1 is 0.737 bits per heavy atom. The first-order chi connectivity index (χ1) is 18.5. The lowest BCUT2D eigenvalue weighted by atomic mass is 9.89. The molecule has 1 fully saturated rings. The van der Waals surface area contributed by atoms with Gasteiger partial charge in [0.05, 0.1) is 13.2 Å². The Morgan fingerprint density at radius 2 is 1.26 bits per heavy atom. The number of ether oxygens (including phenoxy) is 2. The van der Waals surface area contributed by atoms with Crippen molar-refractivity contribution in [1.29, 1.82) is 0 Å². The molecule has 0 bridgehead atoms. The highest BCUT2D eigenvalue weighted by molar-refractivity contribution is 5.81. The fraction of sp³-hybridized carbons (Fsp3) is 0.188. The first kappa shape index (κ1) is 25.2. The number of amides is 1. The largest absolute Gasteiger partial charge is 0.480 e. The number of benzene rings is 4. The third-order valence-corrected chi connectivity index (χ3v) is 6.93. The molecule has 1 aliphatic rings. The second-order valence-corrected chi connectivity index (χ2v) is 9.44. The summed E-state index contributed by atoms with van der Waals surface area (Å²) >= 11 is 0. The van der Waals surface area contributed by atoms with Crippen molar-refractivity contribution in [1.82, 2.24) is 4.90 Å². The first-order valence-corrected chi connectivity index (χ1v) is 12.6. The molecule has 6 nitrogen and oxygen atoms in total. The van der Waals surface area contributed by atoms with Crippen molar-refractivity contribution in [3.8, 4) is 11.1 Å². The van der Waals surface area contributed by atoms with Gasteiger partial charge in [-0.25, -0.2) is 9.59 Å². The number of nitrogens with zero attached hydrogens (tertiary/aromatic N) is 1. The van der Waals surface area contributed by atoms with E-state index in [1.165, 1.54) is 4.90 Å². The molecule has 1 N–H and O–H groups in total. The van der Waals surface area contributed by atoms with Crippen LogP contribution in [0.2, 0.25) is 0 Å². The van der Waals surface area contributed by atoms with Crippen LogP contribution in [-0.4, -0.2) is 34.7 Å². The highest BCUT2D eigenvalue weighted by atomic mass is 16.6. The van der Waals surface area contributed by atoms with E-state index in [0.29, 0.717) is 0 Å². The normalized spacial score (nSPS) is 18.7. The molecule has 6 heteroatoms. The van der Waals surface area contributed by atoms with Crippen molar-refractivity contribution in [2.24, 2.45) is 0 Å². The Labute approximate surface area is 222 Å². The predicted molar refractivity (Wildman–Crippen MR) is 144 cm³/mol. The Bertz CT molecular complexity index is 1360. The maximum atomic E-state index is 13.2. The average Bonchev–Trinajstić information content (AvgIpc) is 3.38. The summed E-state index contributed by atoms with van der Waals surface area (Å²) in [5.41, 5.74) is 3.72. The predicted octanol–water partition coefficient (Wildman–Crippen LogP) is 6.26. The molecule has 0 radical (unpaired) electrons. The van der Waals surface area contributed by atoms with E-state index in [1.54, 1.807) is 0 Å². The summed E-state index contributed by atoms with van der Waals surface area (Å²) in [4.78, 5) is 26.7. The van der Waals surface area contributed by atoms with Gasteiger partial charge >= 0.3 is 12.1 Å². The van der Waals surface area contributed by atoms with E-state index in [2.05, 4.69) is 0 Å². The molecular formula is C32H29NO5. The highest BCUT2D eigenvalue weighted by Gasteiger charge is 2.51. The van der Waals surface area contributed by atoms with Crippen LogP contribution in [0.15, 0.2) is 115 Å². The van der Waals surface area contributed by atoms with Crippen molar-refractivity contribution >= 4 is 12.1 Å². The number of aliphatic carboxylic acids is 1. The fourth-order valence-corrected chi connectivity index (χ4v) is 4.88. The van der Waals surface area contributed by atoms with Crippen LogP contribution in [-0.2, 0) is 33.1 Å². The minimum Gasteiger partial charge on any atom is -0.480 e. The van der Waals surface area contributed by atoms with Gasteiger partial charge in [0.2, 0.25) is 0 Å². The van der Waals surface area contributed by atoms with Crippen molar-refractivity contribution < 1.29 is 24.2 Å². The molecule has 1 saturated heterocycles. The second-order valence-electron chi connectivity index (χ2n) is 9.44. The molecule has 1 amide bonds. The van der Waals surface area contributed by atoms with Crippen LogP contribution in [0.5, 0.6) is 0 Å². The summed E-state index contributed by atoms with van der Waals surface area (Å²) in [5.74, 6) is -1.09. The third kappa shape index (κ3) is 5.61. The van der Waals surface area contributed by atoms with Crippen LogP contribution in [0, 0.1) is 0 Å². The van der Waals surface area contributed by atoms with Crippen LogP contribution in [0.25, 0.3) is 11.1 Å². The first-order valence-electron chi connectivity index (χ1n) is 12.6. The Balaban J connectivity index is 1.43. The molecule has 4 aromatic rings. The zero-order valence-corrected chi connectivity index (χ0v) is 20.9. The summed E-state index contributed by atoms with van der Waals surface area (Å²) in [6.45, 7) is 0.405. The molecule has 2 atom stereocenters. The van der Waals surface area contributed by atoms with Gasteiger partial charge in [-0.1, -0.05) is 115 Å². The molecule has 5 rings (SSSR count). The van der Waals surface area contributed by atoms with Crippen LogP contribution in [0.4, 0.5) is 4.79 Å². The second kappa shape index (κ2) is 11.3. The molecule has 1 unspecified atom stereocenters. The number of hydrogen-bond acceptors (Lipinski definition) is 4. The van der Waals surface area contributed by atoms with Gasteiger partial charge in [0.1, 0.15) is 18.2 Å². The molecule has 0 saturated carbocycles. The molecular weight excluding hydrogens is 478 g/mol. The molecule has 0 spiro atoms. The molecule has 1 heterocycles. The summed E-state index contributed by atoms with van der Waals surface area (Å²) < 4.78 is 12.0. The van der Waals surface area contributed by atoms with Gasteiger partial charge in [-0.3, -0.25) is 4.90 Å². The molecule has 38 heavy (non-hydrogen) atoms. The summed E-state index contributed by atoms with van der Waals surface area (Å²) in [5, 5.41) is 10.1. The van der Waals surface area contributed by atoms with E-state index in [0.717, 1.165) is 27.8 Å². The fourth-order valence-electron chi connectivity index (χ4n) is 4.88. The number of carboxylic acids is 1. The van der Waals surface area contributed by atoms with Crippen LogP contribution in [0.3, 0.4) is 0 Å². The standard InChI is InChI=1S/C32H29NO5/c34-30(35)29-20-32(38-22-25-12-6-2-7-13-25,23-33(29)31(36)37-21-24-10-4-1-5-11-24)28-18-16-27(17-19-28)26-14-8-3-9-15-26/h1-19,29H,20-23H2,(H,34,35)/t29?,32-/m0/s1. The van der Waals surface area contributed by atoms with Gasteiger partial charge in [0, 0.05) is 6.42 Å². The molecule has 192 valence electrons. The quantitative estimate of drug-likeness (QED) is 0.305. The lowest BCUT2D eigenvalue weighted by Crippen LogP contribution is -2.41. The molecule has 1 aliphatic heterocycles. The highest BCUT2D eigenvalue weighted by Crippen LogP contribution is 2.41. The third-order valence-electron chi connectivity index (χ3n) is 6.93. The smallest absolute Gasteiger partial charge is 0.410 e. The Morgan fingerprint density at radius 3 is 1.84 bits per heavy atom. The van der Waals surface area contributed by atoms with Crippen molar-refractivity contribution in [3.63, 3.8) is 0 Å². The SMILES string of the molecule is O=C(O)C1C[C@@](OCc2ccccc2)(c2ccc(-c3ccccc3)cc2)CN1C(=O)OCc1ccccc1. The van der Waals surface area contributed by atoms with Gasteiger partial charge in [0.25, 0.3) is 0 Å². The summed E-state index contributed by atoms with van der Waals surface area (Å²) in [6, 6.07) is 35.9. The zero-order valence-electron chi connectivity index (χ0n) is 20.9. The summed E-state index contributed by atoms with van der Waals surface area (Å²) in [7, 11) is 0. The number of hydrogen-bond donors (Lipinski definition) is 1. The van der Waals surface area contributed by atoms with E-state index in [9.17, 15) is 14.7 Å². The van der Waals surface area contributed by atoms with E-state index < -0.39 is 23.7 Å². The van der Waals surface area contributed by atoms with Crippen LogP contribution in [0.1, 0.15) is 23.1 Å². The monoisotopic (exact) mass is 507 g/mol. The molecule has 0 aromatic heterocycles. The van der Waals surface area contributed by atoms with Gasteiger partial charge < -0.3 is 14.6 Å². The topological polar surface area (TPSA) is 76.1 Å². The minimum absolute atomic E-state index is 0.0617. The van der Waals surface area contributed by atoms with Crippen molar-refractivity contribution in [3.05, 3.63) is 132 Å². The van der Waals surface area contributed by atoms with Crippen molar-refractivity contribution in [2.45, 2.75) is 31.3 Å². The van der Waals surface area contributed by atoms with E-state index >= 15 is 0 Å². The Hall–Kier alpha value is -4.42. The minimum atomic E-state index is -1.09. The number of carbonyl (C=O) groups excluding carboxylic acids is 1. The van der Waals surface area contributed by atoms with Gasteiger partial charge in [-0.05, 0) is 27.8 Å². The van der Waals surface area contributed by atoms with Gasteiger partial charge in [-0.15, -0.1) is 0 Å². The van der Waals surface area contributed by atoms with E-state index in [-0.39, 0.29) is 26.2 Å². The van der Waals surface area contributed by atoms with Gasteiger partial charge in [0.15, 0.2) is 0 Å². The summed E-state index contributed by atoms with van der Waals surface area (Å²) in [6.07, 6.45) is -0.562. The Kier molecular flexibility index (Phi) is 7.52. The van der Waals surface area contributed by atoms with Crippen molar-refractivity contribution in [2.75, 3.05) is 6.54 Å². The van der Waals surface area contributed by atoms with Gasteiger partial charge in [-0.2, -0.15) is 0 Å². The van der Waals surface area contributed by atoms with E-state index in [4.69, 9.17) is 9.47 Å².